The van der Waals surface area contributed by atoms with Crippen LogP contribution in [0.15, 0.2) is 55.1 Å². The summed E-state index contributed by atoms with van der Waals surface area (Å²) in [7, 11) is 3.75. The molecule has 1 nitrogen and oxygen atoms in total. The quantitative estimate of drug-likeness (QED) is 0.588. The molecule has 2 aromatic carbocycles. The van der Waals surface area contributed by atoms with Gasteiger partial charge in [0.05, 0.1) is 8.80 Å². The summed E-state index contributed by atoms with van der Waals surface area (Å²) in [6, 6.07) is 20.6. The highest BCUT2D eigenvalue weighted by molar-refractivity contribution is 6.73. The number of anilines is 1. The maximum absolute atomic E-state index is 4.31. The van der Waals surface area contributed by atoms with Gasteiger partial charge in [0.15, 0.2) is 0 Å². The molecule has 24 heavy (non-hydrogen) atoms. The van der Waals surface area contributed by atoms with Gasteiger partial charge < -0.3 is 4.90 Å². The van der Waals surface area contributed by atoms with E-state index in [-0.39, 0.29) is 8.80 Å². The zero-order valence-corrected chi connectivity index (χ0v) is 16.6. The van der Waals surface area contributed by atoms with Gasteiger partial charge in [0, 0.05) is 19.8 Å². The summed E-state index contributed by atoms with van der Waals surface area (Å²) in [5, 5.41) is 1.57. The van der Waals surface area contributed by atoms with Crippen LogP contribution in [0.2, 0.25) is 12.1 Å². The number of hydrogen-bond donors (Lipinski definition) is 0. The molecule has 2 aromatic rings. The third kappa shape index (κ3) is 4.61. The lowest BCUT2D eigenvalue weighted by Gasteiger charge is -2.16. The van der Waals surface area contributed by atoms with E-state index < -0.39 is 0 Å². The zero-order valence-electron chi connectivity index (χ0n) is 15.6. The molecule has 0 N–H and O–H groups in total. The van der Waals surface area contributed by atoms with Crippen molar-refractivity contribution in [3.05, 3.63) is 66.2 Å². The van der Waals surface area contributed by atoms with E-state index in [1.165, 1.54) is 41.7 Å². The molecular weight excluding hydrogens is 306 g/mol. The fourth-order valence-corrected chi connectivity index (χ4v) is 5.72. The molecule has 1 radical (unpaired) electrons. The van der Waals surface area contributed by atoms with Crippen LogP contribution in [0, 0.1) is 0 Å². The Bertz CT molecular complexity index is 635. The van der Waals surface area contributed by atoms with E-state index in [1.54, 1.807) is 5.19 Å². The maximum Gasteiger partial charge on any atom is 0.0856 e. The first-order chi connectivity index (χ1) is 11.6. The predicted molar refractivity (Wildman–Crippen MR) is 111 cm³/mol. The predicted octanol–water partition coefficient (Wildman–Crippen LogP) is 5.34. The van der Waals surface area contributed by atoms with E-state index in [4.69, 9.17) is 0 Å². The van der Waals surface area contributed by atoms with Gasteiger partial charge in [0.1, 0.15) is 0 Å². The number of hydrogen-bond acceptors (Lipinski definition) is 1. The minimum absolute atomic E-state index is 0.380. The molecule has 2 heteroatoms. The molecule has 0 aliphatic carbocycles. The average Bonchev–Trinajstić information content (AvgIpc) is 2.61. The summed E-state index contributed by atoms with van der Waals surface area (Å²) in [4.78, 5) is 2.12. The van der Waals surface area contributed by atoms with Crippen molar-refractivity contribution in [2.45, 2.75) is 38.8 Å². The van der Waals surface area contributed by atoms with Crippen LogP contribution >= 0.6 is 0 Å². The molecule has 127 valence electrons. The fourth-order valence-electron chi connectivity index (χ4n) is 3.05. The molecule has 0 fully saturated rings. The van der Waals surface area contributed by atoms with Gasteiger partial charge in [0.2, 0.25) is 0 Å². The van der Waals surface area contributed by atoms with E-state index in [1.807, 2.05) is 0 Å². The molecule has 0 atom stereocenters. The second-order valence-corrected chi connectivity index (χ2v) is 9.39. The first-order valence-electron chi connectivity index (χ1n) is 8.99. The molecule has 0 aliphatic rings. The first-order valence-corrected chi connectivity index (χ1v) is 10.9. The highest BCUT2D eigenvalue weighted by Gasteiger charge is 2.12. The monoisotopic (exact) mass is 336 g/mol. The third-order valence-electron chi connectivity index (χ3n) is 4.48. The molecule has 0 aliphatic heterocycles. The Morgan fingerprint density at radius 3 is 1.71 bits per heavy atom. The SMILES string of the molecule is C=C(c1ccc(N(C)C)cc1)c1ccc([Si](CCC)CCC)cc1. The second kappa shape index (κ2) is 8.88. The number of rotatable bonds is 8. The van der Waals surface area contributed by atoms with Gasteiger partial charge in [-0.1, -0.05) is 86.9 Å². The van der Waals surface area contributed by atoms with Gasteiger partial charge in [-0.2, -0.15) is 0 Å². The second-order valence-electron chi connectivity index (χ2n) is 6.60. The lowest BCUT2D eigenvalue weighted by molar-refractivity contribution is 1.01. The van der Waals surface area contributed by atoms with Crippen molar-refractivity contribution >= 4 is 25.2 Å². The van der Waals surface area contributed by atoms with Gasteiger partial charge in [-0.05, 0) is 28.8 Å². The highest BCUT2D eigenvalue weighted by Crippen LogP contribution is 2.23. The van der Waals surface area contributed by atoms with Crippen LogP contribution in [-0.2, 0) is 0 Å². The summed E-state index contributed by atoms with van der Waals surface area (Å²) in [6.07, 6.45) is 2.59. The molecule has 0 unspecified atom stereocenters. The normalized spacial score (nSPS) is 10.9. The van der Waals surface area contributed by atoms with E-state index in [0.29, 0.717) is 0 Å². The summed E-state index contributed by atoms with van der Waals surface area (Å²) < 4.78 is 0. The van der Waals surface area contributed by atoms with Gasteiger partial charge in [0.25, 0.3) is 0 Å². The Morgan fingerprint density at radius 1 is 0.833 bits per heavy atom. The van der Waals surface area contributed by atoms with Crippen LogP contribution in [0.4, 0.5) is 5.69 Å². The minimum Gasteiger partial charge on any atom is -0.378 e. The Morgan fingerprint density at radius 2 is 1.29 bits per heavy atom. The van der Waals surface area contributed by atoms with Crippen LogP contribution in [-0.4, -0.2) is 22.9 Å². The van der Waals surface area contributed by atoms with E-state index in [2.05, 4.69) is 88.0 Å². The van der Waals surface area contributed by atoms with E-state index >= 15 is 0 Å². The summed E-state index contributed by atoms with van der Waals surface area (Å²) in [5.74, 6) is 0. The molecule has 0 heterocycles. The van der Waals surface area contributed by atoms with E-state index in [9.17, 15) is 0 Å². The van der Waals surface area contributed by atoms with Crippen LogP contribution in [0.25, 0.3) is 5.57 Å². The highest BCUT2D eigenvalue weighted by atomic mass is 28.3. The van der Waals surface area contributed by atoms with Crippen molar-refractivity contribution < 1.29 is 0 Å². The first kappa shape index (κ1) is 18.5. The standard InChI is InChI=1S/C22H30NSi/c1-6-16-24(17-7-2)22-14-10-20(11-15-22)18(3)19-8-12-21(13-9-19)23(4)5/h8-15H,3,6-7,16-17H2,1-2,4-5H3. The molecular formula is C22H30NSi. The Kier molecular flexibility index (Phi) is 6.86. The lowest BCUT2D eigenvalue weighted by atomic mass is 9.99. The largest absolute Gasteiger partial charge is 0.378 e. The molecule has 0 saturated heterocycles. The van der Waals surface area contributed by atoms with Crippen molar-refractivity contribution in [1.82, 2.24) is 0 Å². The molecule has 0 spiro atoms. The van der Waals surface area contributed by atoms with Gasteiger partial charge in [-0.15, -0.1) is 0 Å². The van der Waals surface area contributed by atoms with Crippen molar-refractivity contribution in [2.24, 2.45) is 0 Å². The molecule has 0 saturated carbocycles. The minimum atomic E-state index is -0.380. The lowest BCUT2D eigenvalue weighted by Crippen LogP contribution is -2.29. The molecule has 2 rings (SSSR count). The molecule has 0 bridgehead atoms. The Balaban J connectivity index is 2.15. The Labute approximate surface area is 149 Å². The van der Waals surface area contributed by atoms with Crippen molar-refractivity contribution in [3.8, 4) is 0 Å². The zero-order chi connectivity index (χ0) is 17.5. The smallest absolute Gasteiger partial charge is 0.0856 e. The van der Waals surface area contributed by atoms with Crippen LogP contribution in [0.3, 0.4) is 0 Å². The van der Waals surface area contributed by atoms with Gasteiger partial charge >= 0.3 is 0 Å². The average molecular weight is 337 g/mol. The van der Waals surface area contributed by atoms with Crippen LogP contribution < -0.4 is 10.1 Å². The third-order valence-corrected chi connectivity index (χ3v) is 7.83. The van der Waals surface area contributed by atoms with Crippen molar-refractivity contribution in [2.75, 3.05) is 19.0 Å². The Hall–Kier alpha value is -1.80. The number of nitrogens with zero attached hydrogens (tertiary/aromatic N) is 1. The topological polar surface area (TPSA) is 3.24 Å². The number of benzene rings is 2. The summed E-state index contributed by atoms with van der Waals surface area (Å²) in [5.41, 5.74) is 4.74. The fraction of sp³-hybridized carbons (Fsp3) is 0.364. The van der Waals surface area contributed by atoms with Gasteiger partial charge in [-0.3, -0.25) is 0 Å². The molecule has 0 aromatic heterocycles. The van der Waals surface area contributed by atoms with Crippen LogP contribution in [0.5, 0.6) is 0 Å². The van der Waals surface area contributed by atoms with Gasteiger partial charge in [-0.25, -0.2) is 0 Å². The molecule has 0 amide bonds. The maximum atomic E-state index is 4.31. The summed E-state index contributed by atoms with van der Waals surface area (Å²) in [6.45, 7) is 8.91. The van der Waals surface area contributed by atoms with E-state index in [0.717, 1.165) is 5.57 Å². The van der Waals surface area contributed by atoms with Crippen molar-refractivity contribution in [3.63, 3.8) is 0 Å². The van der Waals surface area contributed by atoms with Crippen molar-refractivity contribution in [1.29, 1.82) is 0 Å². The van der Waals surface area contributed by atoms with Crippen LogP contribution in [0.1, 0.15) is 37.8 Å². The summed E-state index contributed by atoms with van der Waals surface area (Å²) >= 11 is 0.